The lowest BCUT2D eigenvalue weighted by atomic mass is 9.74. The van der Waals surface area contributed by atoms with E-state index < -0.39 is 0 Å². The molecular formula is C56H39NO. The maximum atomic E-state index is 7.09. The third kappa shape index (κ3) is 5.49. The van der Waals surface area contributed by atoms with Gasteiger partial charge in [-0.15, -0.1) is 0 Å². The molecule has 2 nitrogen and oxygen atoms in total. The van der Waals surface area contributed by atoms with E-state index in [4.69, 9.17) is 4.42 Å². The molecule has 1 aliphatic rings. The van der Waals surface area contributed by atoms with Crippen molar-refractivity contribution < 1.29 is 4.42 Å². The van der Waals surface area contributed by atoms with Crippen LogP contribution in [0.1, 0.15) is 23.6 Å². The van der Waals surface area contributed by atoms with Gasteiger partial charge in [-0.3, -0.25) is 0 Å². The highest BCUT2D eigenvalue weighted by molar-refractivity contribution is 6.08. The molecular weight excluding hydrogens is 703 g/mol. The predicted molar refractivity (Wildman–Crippen MR) is 242 cm³/mol. The van der Waals surface area contributed by atoms with Crippen molar-refractivity contribution in [3.63, 3.8) is 0 Å². The van der Waals surface area contributed by atoms with Gasteiger partial charge in [0.25, 0.3) is 0 Å². The number of fused-ring (bicyclic) bond motifs is 6. The average molecular weight is 742 g/mol. The first-order chi connectivity index (χ1) is 28.6. The van der Waals surface area contributed by atoms with E-state index in [2.05, 4.69) is 230 Å². The molecule has 0 aliphatic heterocycles. The van der Waals surface area contributed by atoms with Crippen LogP contribution in [0.15, 0.2) is 223 Å². The standard InChI is InChI=1S/C56H39NO/c1-56(51-25-13-11-22-47(51)48-23-12-14-26-52(48)56)53-27-15-24-50-49-33-32-45(37-54(49)58-55(50)53)57(44-30-28-41(29-31-44)38-16-5-2-6-17-38)46-35-42(39-18-7-3-8-19-39)34-43(36-46)40-20-9-4-10-21-40/h2-37H,1H3. The van der Waals surface area contributed by atoms with Gasteiger partial charge in [-0.05, 0) is 105 Å². The fourth-order valence-corrected chi connectivity index (χ4v) is 9.28. The maximum absolute atomic E-state index is 7.09. The molecule has 1 heterocycles. The summed E-state index contributed by atoms with van der Waals surface area (Å²) in [5, 5.41) is 2.23. The Hall–Kier alpha value is -7.42. The van der Waals surface area contributed by atoms with Crippen LogP contribution in [0, 0.1) is 0 Å². The molecule has 9 aromatic carbocycles. The zero-order chi connectivity index (χ0) is 38.6. The molecule has 58 heavy (non-hydrogen) atoms. The van der Waals surface area contributed by atoms with Crippen LogP contribution in [0.4, 0.5) is 17.1 Å². The number of para-hydroxylation sites is 1. The summed E-state index contributed by atoms with van der Waals surface area (Å²) in [4.78, 5) is 2.37. The molecule has 2 heteroatoms. The first-order valence-electron chi connectivity index (χ1n) is 20.0. The summed E-state index contributed by atoms with van der Waals surface area (Å²) in [6.07, 6.45) is 0. The average Bonchev–Trinajstić information content (AvgIpc) is 3.80. The molecule has 0 bridgehead atoms. The van der Waals surface area contributed by atoms with E-state index in [1.807, 2.05) is 0 Å². The van der Waals surface area contributed by atoms with Crippen molar-refractivity contribution >= 4 is 39.0 Å². The van der Waals surface area contributed by atoms with E-state index in [0.717, 1.165) is 50.1 Å². The maximum Gasteiger partial charge on any atom is 0.139 e. The number of benzene rings is 9. The molecule has 0 saturated carbocycles. The number of hydrogen-bond acceptors (Lipinski definition) is 2. The zero-order valence-corrected chi connectivity index (χ0v) is 32.1. The first kappa shape index (κ1) is 33.9. The Bertz CT molecular complexity index is 3000. The normalized spacial score (nSPS) is 12.7. The van der Waals surface area contributed by atoms with Gasteiger partial charge in [0.2, 0.25) is 0 Å². The van der Waals surface area contributed by atoms with Crippen molar-refractivity contribution in [3.05, 3.63) is 235 Å². The molecule has 0 fully saturated rings. The van der Waals surface area contributed by atoms with Crippen LogP contribution in [0.25, 0.3) is 66.4 Å². The van der Waals surface area contributed by atoms with Gasteiger partial charge in [-0.2, -0.15) is 0 Å². The molecule has 0 unspecified atom stereocenters. The van der Waals surface area contributed by atoms with Crippen LogP contribution < -0.4 is 4.90 Å². The van der Waals surface area contributed by atoms with Gasteiger partial charge in [-0.1, -0.05) is 170 Å². The smallest absolute Gasteiger partial charge is 0.139 e. The predicted octanol–water partition coefficient (Wildman–Crippen LogP) is 15.4. The second-order valence-corrected chi connectivity index (χ2v) is 15.4. The summed E-state index contributed by atoms with van der Waals surface area (Å²) < 4.78 is 7.09. The van der Waals surface area contributed by atoms with Gasteiger partial charge in [0.1, 0.15) is 11.2 Å². The summed E-state index contributed by atoms with van der Waals surface area (Å²) in [5.41, 5.74) is 18.0. The fraction of sp³-hybridized carbons (Fsp3) is 0.0357. The molecule has 0 radical (unpaired) electrons. The zero-order valence-electron chi connectivity index (χ0n) is 32.1. The molecule has 0 saturated heterocycles. The molecule has 0 spiro atoms. The van der Waals surface area contributed by atoms with Crippen LogP contribution in [-0.2, 0) is 5.41 Å². The number of furan rings is 1. The lowest BCUT2D eigenvalue weighted by Crippen LogP contribution is -2.22. The Morgan fingerprint density at radius 1 is 0.345 bits per heavy atom. The molecule has 11 rings (SSSR count). The Morgan fingerprint density at radius 2 is 0.828 bits per heavy atom. The summed E-state index contributed by atoms with van der Waals surface area (Å²) >= 11 is 0. The molecule has 0 atom stereocenters. The van der Waals surface area contributed by atoms with Crippen molar-refractivity contribution in [2.24, 2.45) is 0 Å². The first-order valence-corrected chi connectivity index (χ1v) is 20.0. The van der Waals surface area contributed by atoms with Gasteiger partial charge >= 0.3 is 0 Å². The van der Waals surface area contributed by atoms with E-state index in [0.29, 0.717) is 0 Å². The molecule has 1 aromatic heterocycles. The van der Waals surface area contributed by atoms with Crippen LogP contribution in [-0.4, -0.2) is 0 Å². The van der Waals surface area contributed by atoms with E-state index >= 15 is 0 Å². The summed E-state index contributed by atoms with van der Waals surface area (Å²) in [7, 11) is 0. The third-order valence-electron chi connectivity index (χ3n) is 12.1. The largest absolute Gasteiger partial charge is 0.456 e. The Balaban J connectivity index is 1.11. The topological polar surface area (TPSA) is 16.4 Å². The van der Waals surface area contributed by atoms with Gasteiger partial charge in [0.05, 0.1) is 0 Å². The van der Waals surface area contributed by atoms with Crippen molar-refractivity contribution in [2.45, 2.75) is 12.3 Å². The minimum Gasteiger partial charge on any atom is -0.456 e. The van der Waals surface area contributed by atoms with Gasteiger partial charge in [0, 0.05) is 44.9 Å². The molecule has 274 valence electrons. The number of rotatable bonds is 7. The number of nitrogens with zero attached hydrogens (tertiary/aromatic N) is 1. The van der Waals surface area contributed by atoms with E-state index in [9.17, 15) is 0 Å². The Labute approximate surface area is 338 Å². The quantitative estimate of drug-likeness (QED) is 0.162. The highest BCUT2D eigenvalue weighted by atomic mass is 16.3. The van der Waals surface area contributed by atoms with E-state index in [1.165, 1.54) is 50.1 Å². The molecule has 0 amide bonds. The van der Waals surface area contributed by atoms with Crippen LogP contribution in [0.5, 0.6) is 0 Å². The molecule has 0 N–H and O–H groups in total. The van der Waals surface area contributed by atoms with Gasteiger partial charge in [0.15, 0.2) is 0 Å². The highest BCUT2D eigenvalue weighted by Gasteiger charge is 2.42. The molecule has 1 aliphatic carbocycles. The monoisotopic (exact) mass is 741 g/mol. The fourth-order valence-electron chi connectivity index (χ4n) is 9.28. The Morgan fingerprint density at radius 3 is 1.41 bits per heavy atom. The van der Waals surface area contributed by atoms with Crippen molar-refractivity contribution in [2.75, 3.05) is 4.90 Å². The Kier molecular flexibility index (Phi) is 7.97. The van der Waals surface area contributed by atoms with Crippen molar-refractivity contribution in [1.29, 1.82) is 0 Å². The summed E-state index contributed by atoms with van der Waals surface area (Å²) in [6, 6.07) is 78.8. The van der Waals surface area contributed by atoms with Crippen LogP contribution in [0.2, 0.25) is 0 Å². The van der Waals surface area contributed by atoms with E-state index in [-0.39, 0.29) is 5.41 Å². The number of hydrogen-bond donors (Lipinski definition) is 0. The van der Waals surface area contributed by atoms with E-state index in [1.54, 1.807) is 0 Å². The number of anilines is 3. The second kappa shape index (κ2) is 13.7. The van der Waals surface area contributed by atoms with Crippen molar-refractivity contribution in [3.8, 4) is 44.5 Å². The molecule has 10 aromatic rings. The van der Waals surface area contributed by atoms with Gasteiger partial charge in [-0.25, -0.2) is 0 Å². The summed E-state index contributed by atoms with van der Waals surface area (Å²) in [5.74, 6) is 0. The minimum atomic E-state index is -0.373. The van der Waals surface area contributed by atoms with Crippen LogP contribution >= 0.6 is 0 Å². The van der Waals surface area contributed by atoms with Crippen LogP contribution in [0.3, 0.4) is 0 Å². The lowest BCUT2D eigenvalue weighted by Gasteiger charge is -2.28. The lowest BCUT2D eigenvalue weighted by molar-refractivity contribution is 0.638. The second-order valence-electron chi connectivity index (χ2n) is 15.4. The minimum absolute atomic E-state index is 0.373. The third-order valence-corrected chi connectivity index (χ3v) is 12.1. The highest BCUT2D eigenvalue weighted by Crippen LogP contribution is 2.54. The van der Waals surface area contributed by atoms with Crippen molar-refractivity contribution in [1.82, 2.24) is 0 Å². The van der Waals surface area contributed by atoms with Gasteiger partial charge < -0.3 is 9.32 Å². The summed E-state index contributed by atoms with van der Waals surface area (Å²) in [6.45, 7) is 2.36. The SMILES string of the molecule is CC1(c2cccc3c2oc2cc(N(c4ccc(-c5ccccc5)cc4)c4cc(-c5ccccc5)cc(-c5ccccc5)c4)ccc23)c2ccccc2-c2ccccc21.